The van der Waals surface area contributed by atoms with Gasteiger partial charge in [-0.1, -0.05) is 34.6 Å². The Hall–Kier alpha value is -1.63. The summed E-state index contributed by atoms with van der Waals surface area (Å²) in [5.41, 5.74) is -1.09. The average molecular weight is 506 g/mol. The highest BCUT2D eigenvalue weighted by molar-refractivity contribution is 5.94. The van der Waals surface area contributed by atoms with Gasteiger partial charge in [0.1, 0.15) is 18.3 Å². The van der Waals surface area contributed by atoms with Crippen molar-refractivity contribution in [2.75, 3.05) is 13.2 Å². The number of aliphatic hydroxyl groups excluding tert-OH is 5. The summed E-state index contributed by atoms with van der Waals surface area (Å²) in [5.74, 6) is -1.15. The monoisotopic (exact) mass is 505 g/mol. The molecule has 0 aromatic heterocycles. The molecule has 2 amide bonds. The number of Topliss-reactive ketones (excluding diaryl/α,β-unsaturated/α-hetero) is 1. The molecule has 0 aromatic rings. The van der Waals surface area contributed by atoms with E-state index in [1.165, 1.54) is 0 Å². The van der Waals surface area contributed by atoms with Gasteiger partial charge in [0.25, 0.3) is 0 Å². The standard InChI is InChI=1S/C24H47N3O8/c1-13(2)18(27-24(6,7)8)22(35)26-14(21(34)23(3,4)5)9-10-17(31)25-11-15(29)19(32)20(33)16(30)12-28/h13-16,18-20,27-30,32-33H,9-12H2,1-8H3,(H,25,31)(H,26,35)/t14-,15-,16+,18-,19+,20+/m0/s1. The summed E-state index contributed by atoms with van der Waals surface area (Å²) in [7, 11) is 0. The molecule has 6 atom stereocenters. The highest BCUT2D eigenvalue weighted by atomic mass is 16.4. The number of carbonyl (C=O) groups is 3. The fourth-order valence-electron chi connectivity index (χ4n) is 3.32. The topological polar surface area (TPSA) is 188 Å². The molecule has 0 spiro atoms. The molecule has 0 aliphatic carbocycles. The van der Waals surface area contributed by atoms with Gasteiger partial charge in [-0.2, -0.15) is 0 Å². The van der Waals surface area contributed by atoms with Crippen molar-refractivity contribution in [1.29, 1.82) is 0 Å². The van der Waals surface area contributed by atoms with E-state index in [9.17, 15) is 34.8 Å². The van der Waals surface area contributed by atoms with E-state index in [0.717, 1.165) is 0 Å². The molecule has 35 heavy (non-hydrogen) atoms. The van der Waals surface area contributed by atoms with Crippen LogP contribution in [0.4, 0.5) is 0 Å². The molecule has 0 bridgehead atoms. The third-order valence-corrected chi connectivity index (χ3v) is 5.40. The molecule has 0 saturated carbocycles. The van der Waals surface area contributed by atoms with Gasteiger partial charge in [0.05, 0.1) is 24.8 Å². The van der Waals surface area contributed by atoms with E-state index in [0.29, 0.717) is 0 Å². The van der Waals surface area contributed by atoms with Gasteiger partial charge >= 0.3 is 0 Å². The maximum absolute atomic E-state index is 13.0. The molecule has 0 aliphatic rings. The number of amides is 2. The quantitative estimate of drug-likeness (QED) is 0.144. The zero-order chi connectivity index (χ0) is 27.7. The van der Waals surface area contributed by atoms with Crippen molar-refractivity contribution in [2.24, 2.45) is 11.3 Å². The predicted octanol–water partition coefficient (Wildman–Crippen LogP) is -1.17. The van der Waals surface area contributed by atoms with E-state index in [2.05, 4.69) is 16.0 Å². The predicted molar refractivity (Wildman–Crippen MR) is 131 cm³/mol. The molecule has 0 heterocycles. The third-order valence-electron chi connectivity index (χ3n) is 5.40. The summed E-state index contributed by atoms with van der Waals surface area (Å²) in [6, 6.07) is -1.45. The second-order valence-corrected chi connectivity index (χ2v) is 11.4. The second-order valence-electron chi connectivity index (χ2n) is 11.4. The Kier molecular flexibility index (Phi) is 13.5. The zero-order valence-electron chi connectivity index (χ0n) is 22.3. The molecule has 0 radical (unpaired) electrons. The van der Waals surface area contributed by atoms with Crippen LogP contribution < -0.4 is 16.0 Å². The number of ketones is 1. The average Bonchev–Trinajstić information content (AvgIpc) is 2.74. The highest BCUT2D eigenvalue weighted by Crippen LogP contribution is 2.20. The van der Waals surface area contributed by atoms with Crippen LogP contribution in [0.15, 0.2) is 0 Å². The minimum absolute atomic E-state index is 0.0263. The SMILES string of the molecule is CC(C)[C@H](NC(C)(C)C)C(=O)N[C@@H](CCC(=O)NC[C@H](O)[C@@H](O)[C@H](O)[C@H](O)CO)C(=O)C(C)(C)C. The number of nitrogens with one attached hydrogen (secondary N) is 3. The lowest BCUT2D eigenvalue weighted by molar-refractivity contribution is -0.134. The van der Waals surface area contributed by atoms with Crippen LogP contribution in [0.25, 0.3) is 0 Å². The first kappa shape index (κ1) is 33.4. The van der Waals surface area contributed by atoms with Crippen molar-refractivity contribution < 1.29 is 39.9 Å². The normalized spacial score (nSPS) is 17.8. The molecule has 0 saturated heterocycles. The van der Waals surface area contributed by atoms with Crippen molar-refractivity contribution in [3.63, 3.8) is 0 Å². The fourth-order valence-corrected chi connectivity index (χ4v) is 3.32. The van der Waals surface area contributed by atoms with E-state index >= 15 is 0 Å². The maximum atomic E-state index is 13.0. The Balaban J connectivity index is 5.19. The summed E-state index contributed by atoms with van der Waals surface area (Å²) in [6.45, 7) is 13.6. The van der Waals surface area contributed by atoms with Gasteiger partial charge in [-0.25, -0.2) is 0 Å². The largest absolute Gasteiger partial charge is 0.394 e. The molecule has 206 valence electrons. The lowest BCUT2D eigenvalue weighted by Gasteiger charge is -2.32. The summed E-state index contributed by atoms with van der Waals surface area (Å²) in [4.78, 5) is 38.4. The zero-order valence-corrected chi connectivity index (χ0v) is 22.3. The summed E-state index contributed by atoms with van der Waals surface area (Å²) in [5, 5.41) is 56.1. The lowest BCUT2D eigenvalue weighted by atomic mass is 9.84. The molecular weight excluding hydrogens is 458 g/mol. The van der Waals surface area contributed by atoms with E-state index in [-0.39, 0.29) is 36.0 Å². The van der Waals surface area contributed by atoms with Crippen molar-refractivity contribution >= 4 is 17.6 Å². The van der Waals surface area contributed by atoms with Crippen LogP contribution in [0.3, 0.4) is 0 Å². The van der Waals surface area contributed by atoms with E-state index in [4.69, 9.17) is 5.11 Å². The van der Waals surface area contributed by atoms with Gasteiger partial charge in [0.15, 0.2) is 5.78 Å². The summed E-state index contributed by atoms with van der Waals surface area (Å²) >= 11 is 0. The van der Waals surface area contributed by atoms with Gasteiger partial charge in [0, 0.05) is 23.9 Å². The molecule has 0 aromatic carbocycles. The smallest absolute Gasteiger partial charge is 0.237 e. The molecule has 0 aliphatic heterocycles. The third kappa shape index (κ3) is 12.2. The van der Waals surface area contributed by atoms with Gasteiger partial charge in [-0.15, -0.1) is 0 Å². The van der Waals surface area contributed by atoms with Crippen LogP contribution >= 0.6 is 0 Å². The highest BCUT2D eigenvalue weighted by Gasteiger charge is 2.35. The maximum Gasteiger partial charge on any atom is 0.237 e. The number of carbonyl (C=O) groups excluding carboxylic acids is 3. The Morgan fingerprint density at radius 1 is 0.857 bits per heavy atom. The van der Waals surface area contributed by atoms with Crippen LogP contribution in [-0.4, -0.2) is 98.3 Å². The molecule has 0 fully saturated rings. The van der Waals surface area contributed by atoms with E-state index < -0.39 is 61.0 Å². The van der Waals surface area contributed by atoms with Crippen molar-refractivity contribution in [1.82, 2.24) is 16.0 Å². The van der Waals surface area contributed by atoms with Crippen LogP contribution in [0, 0.1) is 11.3 Å². The van der Waals surface area contributed by atoms with Gasteiger partial charge in [-0.3, -0.25) is 14.4 Å². The van der Waals surface area contributed by atoms with E-state index in [1.54, 1.807) is 20.8 Å². The Morgan fingerprint density at radius 2 is 1.37 bits per heavy atom. The second kappa shape index (κ2) is 14.2. The fraction of sp³-hybridized carbons (Fsp3) is 0.875. The van der Waals surface area contributed by atoms with E-state index in [1.807, 2.05) is 34.6 Å². The van der Waals surface area contributed by atoms with Crippen molar-refractivity contribution in [3.05, 3.63) is 0 Å². The first-order chi connectivity index (χ1) is 15.8. The van der Waals surface area contributed by atoms with Gasteiger partial charge in [0.2, 0.25) is 11.8 Å². The van der Waals surface area contributed by atoms with Gasteiger partial charge < -0.3 is 41.5 Å². The molecule has 8 N–H and O–H groups in total. The summed E-state index contributed by atoms with van der Waals surface area (Å²) < 4.78 is 0. The number of hydrogen-bond acceptors (Lipinski definition) is 9. The van der Waals surface area contributed by atoms with Crippen molar-refractivity contribution in [2.45, 2.75) is 110 Å². The minimum atomic E-state index is -1.80. The lowest BCUT2D eigenvalue weighted by Crippen LogP contribution is -2.57. The Bertz CT molecular complexity index is 687. The first-order valence-corrected chi connectivity index (χ1v) is 12.0. The van der Waals surface area contributed by atoms with Crippen LogP contribution in [-0.2, 0) is 14.4 Å². The number of hydrogen-bond donors (Lipinski definition) is 8. The number of rotatable bonds is 14. The molecule has 0 rings (SSSR count). The van der Waals surface area contributed by atoms with Crippen molar-refractivity contribution in [3.8, 4) is 0 Å². The molecule has 11 heteroatoms. The number of aliphatic hydroxyl groups is 5. The summed E-state index contributed by atoms with van der Waals surface area (Å²) in [6.07, 6.45) is -6.96. The minimum Gasteiger partial charge on any atom is -0.394 e. The Labute approximate surface area is 208 Å². The molecular formula is C24H47N3O8. The van der Waals surface area contributed by atoms with Gasteiger partial charge in [-0.05, 0) is 33.1 Å². The molecule has 0 unspecified atom stereocenters. The van der Waals surface area contributed by atoms with Crippen LogP contribution in [0.1, 0.15) is 68.2 Å². The molecule has 11 nitrogen and oxygen atoms in total. The van der Waals surface area contributed by atoms with Crippen LogP contribution in [0.5, 0.6) is 0 Å². The van der Waals surface area contributed by atoms with Crippen LogP contribution in [0.2, 0.25) is 0 Å². The Morgan fingerprint density at radius 3 is 1.80 bits per heavy atom. The first-order valence-electron chi connectivity index (χ1n) is 12.0.